The molecule has 0 radical (unpaired) electrons. The summed E-state index contributed by atoms with van der Waals surface area (Å²) in [6.07, 6.45) is -4.62. The molecule has 0 saturated heterocycles. The van der Waals surface area contributed by atoms with E-state index in [1.165, 1.54) is 0 Å². The Morgan fingerprint density at radius 2 is 1.86 bits per heavy atom. The fraction of sp³-hybridized carbons (Fsp3) is 0.250. The van der Waals surface area contributed by atoms with Gasteiger partial charge in [0, 0.05) is 0 Å². The molecule has 0 aliphatic heterocycles. The van der Waals surface area contributed by atoms with E-state index in [0.29, 0.717) is 6.07 Å². The van der Waals surface area contributed by atoms with Crippen LogP contribution < -0.4 is 5.73 Å². The van der Waals surface area contributed by atoms with Gasteiger partial charge in [-0.3, -0.25) is 0 Å². The van der Waals surface area contributed by atoms with Crippen LogP contribution in [0.15, 0.2) is 18.2 Å². The summed E-state index contributed by atoms with van der Waals surface area (Å²) in [6.45, 7) is 0. The number of hydrogen-bond donors (Lipinski definition) is 2. The first-order chi connectivity index (χ1) is 6.32. The molecule has 1 aromatic carbocycles. The molecule has 0 aliphatic rings. The van der Waals surface area contributed by atoms with Crippen molar-refractivity contribution < 1.29 is 22.7 Å². The molecule has 0 amide bonds. The van der Waals surface area contributed by atoms with E-state index in [2.05, 4.69) is 0 Å². The lowest BCUT2D eigenvalue weighted by Crippen LogP contribution is -2.28. The van der Waals surface area contributed by atoms with Crippen LogP contribution in [0.25, 0.3) is 0 Å². The van der Waals surface area contributed by atoms with Crippen molar-refractivity contribution >= 4 is 0 Å². The van der Waals surface area contributed by atoms with E-state index in [1.807, 2.05) is 0 Å². The van der Waals surface area contributed by atoms with Crippen molar-refractivity contribution in [3.05, 3.63) is 29.6 Å². The van der Waals surface area contributed by atoms with Gasteiger partial charge in [-0.05, 0) is 17.7 Å². The minimum Gasteiger partial charge on any atom is -0.505 e. The number of hydrogen-bond acceptors (Lipinski definition) is 2. The monoisotopic (exact) mass is 209 g/mol. The summed E-state index contributed by atoms with van der Waals surface area (Å²) in [6, 6.07) is 0.0814. The van der Waals surface area contributed by atoms with Gasteiger partial charge in [-0.15, -0.1) is 0 Å². The molecule has 1 rings (SSSR count). The van der Waals surface area contributed by atoms with Crippen LogP contribution in [0.5, 0.6) is 5.75 Å². The Balaban J connectivity index is 3.03. The molecule has 0 fully saturated rings. The van der Waals surface area contributed by atoms with E-state index in [9.17, 15) is 17.6 Å². The van der Waals surface area contributed by atoms with Gasteiger partial charge in [0.2, 0.25) is 0 Å². The molecule has 0 saturated carbocycles. The average Bonchev–Trinajstić information content (AvgIpc) is 2.07. The molecule has 0 spiro atoms. The van der Waals surface area contributed by atoms with Crippen molar-refractivity contribution in [2.45, 2.75) is 12.2 Å². The molecule has 0 heterocycles. The van der Waals surface area contributed by atoms with Crippen LogP contribution in [0.4, 0.5) is 17.6 Å². The summed E-state index contributed by atoms with van der Waals surface area (Å²) < 4.78 is 48.8. The van der Waals surface area contributed by atoms with E-state index in [4.69, 9.17) is 10.8 Å². The minimum absolute atomic E-state index is 0.423. The number of phenolic OH excluding ortho intramolecular Hbond substituents is 1. The second-order valence-electron chi connectivity index (χ2n) is 2.73. The van der Waals surface area contributed by atoms with Crippen LogP contribution in [0.2, 0.25) is 0 Å². The average molecular weight is 209 g/mol. The third-order valence-electron chi connectivity index (χ3n) is 1.68. The minimum atomic E-state index is -4.62. The van der Waals surface area contributed by atoms with Gasteiger partial charge in [-0.1, -0.05) is 6.07 Å². The van der Waals surface area contributed by atoms with Gasteiger partial charge < -0.3 is 10.8 Å². The zero-order valence-corrected chi connectivity index (χ0v) is 6.85. The summed E-state index contributed by atoms with van der Waals surface area (Å²) in [4.78, 5) is 0. The van der Waals surface area contributed by atoms with E-state index in [-0.39, 0.29) is 0 Å². The predicted octanol–water partition coefficient (Wildman–Crippen LogP) is 2.09. The Labute approximate surface area is 77.0 Å². The summed E-state index contributed by atoms with van der Waals surface area (Å²) in [5, 5.41) is 8.73. The van der Waals surface area contributed by atoms with Crippen molar-refractivity contribution in [3.8, 4) is 5.75 Å². The van der Waals surface area contributed by atoms with Crippen LogP contribution in [0.1, 0.15) is 11.6 Å². The van der Waals surface area contributed by atoms with Crippen LogP contribution in [-0.4, -0.2) is 11.3 Å². The molecule has 3 N–H and O–H groups in total. The van der Waals surface area contributed by atoms with Gasteiger partial charge in [0.15, 0.2) is 11.6 Å². The summed E-state index contributed by atoms with van der Waals surface area (Å²) in [5.74, 6) is -1.83. The molecule has 14 heavy (non-hydrogen) atoms. The maximum Gasteiger partial charge on any atom is 0.407 e. The maximum atomic E-state index is 12.7. The Bertz CT molecular complexity index is 337. The third-order valence-corrected chi connectivity index (χ3v) is 1.68. The molecular weight excluding hydrogens is 202 g/mol. The first-order valence-electron chi connectivity index (χ1n) is 3.63. The zero-order valence-electron chi connectivity index (χ0n) is 6.85. The van der Waals surface area contributed by atoms with E-state index >= 15 is 0 Å². The van der Waals surface area contributed by atoms with E-state index in [1.54, 1.807) is 0 Å². The topological polar surface area (TPSA) is 46.2 Å². The lowest BCUT2D eigenvalue weighted by molar-refractivity contribution is -0.149. The normalized spacial score (nSPS) is 14.1. The molecule has 6 heteroatoms. The summed E-state index contributed by atoms with van der Waals surface area (Å²) in [5.41, 5.74) is 4.39. The Hall–Kier alpha value is -1.30. The first-order valence-corrected chi connectivity index (χ1v) is 3.63. The van der Waals surface area contributed by atoms with E-state index < -0.39 is 29.3 Å². The van der Waals surface area contributed by atoms with Crippen LogP contribution in [0.3, 0.4) is 0 Å². The molecule has 0 unspecified atom stereocenters. The molecule has 0 bridgehead atoms. The van der Waals surface area contributed by atoms with E-state index in [0.717, 1.165) is 12.1 Å². The SMILES string of the molecule is N[C@H](c1ccc(O)c(F)c1)C(F)(F)F. The largest absolute Gasteiger partial charge is 0.505 e. The number of aromatic hydroxyl groups is 1. The first kappa shape index (κ1) is 10.8. The molecule has 0 aliphatic carbocycles. The number of rotatable bonds is 1. The van der Waals surface area contributed by atoms with Crippen molar-refractivity contribution in [2.75, 3.05) is 0 Å². The molecule has 2 nitrogen and oxygen atoms in total. The second kappa shape index (κ2) is 3.45. The summed E-state index contributed by atoms with van der Waals surface area (Å²) >= 11 is 0. The van der Waals surface area contributed by atoms with Crippen molar-refractivity contribution in [2.24, 2.45) is 5.73 Å². The fourth-order valence-electron chi connectivity index (χ4n) is 0.906. The highest BCUT2D eigenvalue weighted by Gasteiger charge is 2.38. The zero-order chi connectivity index (χ0) is 10.9. The third kappa shape index (κ3) is 2.14. The molecule has 0 aromatic heterocycles. The molecule has 78 valence electrons. The van der Waals surface area contributed by atoms with Gasteiger partial charge in [0.05, 0.1) is 0 Å². The molecule has 1 atom stereocenters. The van der Waals surface area contributed by atoms with Crippen LogP contribution >= 0.6 is 0 Å². The van der Waals surface area contributed by atoms with Crippen molar-refractivity contribution in [1.82, 2.24) is 0 Å². The number of alkyl halides is 3. The fourth-order valence-corrected chi connectivity index (χ4v) is 0.906. The highest BCUT2D eigenvalue weighted by Crippen LogP contribution is 2.31. The lowest BCUT2D eigenvalue weighted by Gasteiger charge is -2.15. The van der Waals surface area contributed by atoms with Crippen LogP contribution in [0, 0.1) is 5.82 Å². The van der Waals surface area contributed by atoms with Crippen molar-refractivity contribution in [1.29, 1.82) is 0 Å². The van der Waals surface area contributed by atoms with Crippen molar-refractivity contribution in [3.63, 3.8) is 0 Å². The predicted molar refractivity (Wildman–Crippen MR) is 41.0 cm³/mol. The van der Waals surface area contributed by atoms with Gasteiger partial charge in [-0.25, -0.2) is 4.39 Å². The number of benzene rings is 1. The molecular formula is C8H7F4NO. The number of nitrogens with two attached hydrogens (primary N) is 1. The van der Waals surface area contributed by atoms with Gasteiger partial charge >= 0.3 is 6.18 Å². The quantitative estimate of drug-likeness (QED) is 0.695. The summed E-state index contributed by atoms with van der Waals surface area (Å²) in [7, 11) is 0. The Kier molecular flexibility index (Phi) is 2.66. The number of halogens is 4. The lowest BCUT2D eigenvalue weighted by atomic mass is 10.1. The Morgan fingerprint density at radius 1 is 1.29 bits per heavy atom. The van der Waals surface area contributed by atoms with Crippen LogP contribution in [-0.2, 0) is 0 Å². The van der Waals surface area contributed by atoms with Gasteiger partial charge in [-0.2, -0.15) is 13.2 Å². The Morgan fingerprint density at radius 3 is 2.29 bits per heavy atom. The molecule has 1 aromatic rings. The smallest absolute Gasteiger partial charge is 0.407 e. The maximum absolute atomic E-state index is 12.7. The van der Waals surface area contributed by atoms with Gasteiger partial charge in [0.1, 0.15) is 6.04 Å². The highest BCUT2D eigenvalue weighted by atomic mass is 19.4. The van der Waals surface area contributed by atoms with Gasteiger partial charge in [0.25, 0.3) is 0 Å². The second-order valence-corrected chi connectivity index (χ2v) is 2.73. The standard InChI is InChI=1S/C8H7F4NO/c9-5-3-4(1-2-6(5)14)7(13)8(10,11)12/h1-3,7,14H,13H2/t7-/m1/s1. The highest BCUT2D eigenvalue weighted by molar-refractivity contribution is 5.30. The number of phenols is 1.